The van der Waals surface area contributed by atoms with Gasteiger partial charge in [0.05, 0.1) is 4.88 Å². The van der Waals surface area contributed by atoms with E-state index in [2.05, 4.69) is 6.92 Å². The lowest BCUT2D eigenvalue weighted by Gasteiger charge is -1.91. The highest BCUT2D eigenvalue weighted by molar-refractivity contribution is 7.14. The summed E-state index contributed by atoms with van der Waals surface area (Å²) < 4.78 is 0. The Morgan fingerprint density at radius 3 is 2.83 bits per heavy atom. The van der Waals surface area contributed by atoms with E-state index < -0.39 is 0 Å². The molecule has 0 aliphatic heterocycles. The fourth-order valence-electron chi connectivity index (χ4n) is 0.927. The lowest BCUT2D eigenvalue weighted by Crippen LogP contribution is -1.95. The van der Waals surface area contributed by atoms with Crippen LogP contribution in [0.2, 0.25) is 0 Å². The zero-order chi connectivity index (χ0) is 8.97. The van der Waals surface area contributed by atoms with Crippen molar-refractivity contribution in [2.75, 3.05) is 5.88 Å². The van der Waals surface area contributed by atoms with Crippen molar-refractivity contribution < 1.29 is 4.79 Å². The topological polar surface area (TPSA) is 17.1 Å². The number of alkyl halides is 1. The van der Waals surface area contributed by atoms with Crippen LogP contribution in [-0.2, 0) is 6.42 Å². The smallest absolute Gasteiger partial charge is 0.173 e. The van der Waals surface area contributed by atoms with Gasteiger partial charge in [0.15, 0.2) is 5.78 Å². The second-order valence-electron chi connectivity index (χ2n) is 2.48. The van der Waals surface area contributed by atoms with E-state index in [-0.39, 0.29) is 5.78 Å². The number of hydrogen-bond donors (Lipinski definition) is 0. The number of carbonyl (C=O) groups excluding carboxylic acids is 1. The van der Waals surface area contributed by atoms with Gasteiger partial charge in [-0.25, -0.2) is 0 Å². The van der Waals surface area contributed by atoms with Gasteiger partial charge in [-0.3, -0.25) is 4.79 Å². The van der Waals surface area contributed by atoms with Gasteiger partial charge < -0.3 is 0 Å². The maximum atomic E-state index is 11.3. The first-order valence-corrected chi connectivity index (χ1v) is 5.31. The Labute approximate surface area is 81.4 Å². The molecular formula is C9H11ClOS. The third-order valence-electron chi connectivity index (χ3n) is 1.61. The molecule has 3 heteroatoms. The van der Waals surface area contributed by atoms with Gasteiger partial charge in [-0.1, -0.05) is 6.92 Å². The Kier molecular flexibility index (Phi) is 3.76. The van der Waals surface area contributed by atoms with Crippen LogP contribution < -0.4 is 0 Å². The maximum absolute atomic E-state index is 11.3. The molecule has 1 nitrogen and oxygen atoms in total. The molecule has 0 saturated carbocycles. The lowest BCUT2D eigenvalue weighted by atomic mass is 10.2. The summed E-state index contributed by atoms with van der Waals surface area (Å²) in [4.78, 5) is 13.4. The van der Waals surface area contributed by atoms with E-state index in [4.69, 9.17) is 11.6 Å². The van der Waals surface area contributed by atoms with Crippen LogP contribution in [0, 0.1) is 0 Å². The number of halogens is 1. The molecule has 0 spiro atoms. The van der Waals surface area contributed by atoms with Crippen LogP contribution in [0.15, 0.2) is 12.1 Å². The molecule has 0 amide bonds. The molecule has 0 unspecified atom stereocenters. The normalized spacial score (nSPS) is 10.2. The van der Waals surface area contributed by atoms with Crippen molar-refractivity contribution in [2.24, 2.45) is 0 Å². The predicted octanol–water partition coefficient (Wildman–Crippen LogP) is 3.12. The molecule has 0 radical (unpaired) electrons. The van der Waals surface area contributed by atoms with Crippen LogP contribution in [0.1, 0.15) is 27.9 Å². The molecule has 0 aromatic carbocycles. The molecule has 1 aromatic rings. The van der Waals surface area contributed by atoms with Crippen LogP contribution in [0.3, 0.4) is 0 Å². The summed E-state index contributed by atoms with van der Waals surface area (Å²) in [5.41, 5.74) is 0. The highest BCUT2D eigenvalue weighted by Crippen LogP contribution is 2.18. The first kappa shape index (κ1) is 9.75. The summed E-state index contributed by atoms with van der Waals surface area (Å²) in [5, 5.41) is 0. The highest BCUT2D eigenvalue weighted by Gasteiger charge is 2.07. The largest absolute Gasteiger partial charge is 0.293 e. The second kappa shape index (κ2) is 4.63. The molecule has 66 valence electrons. The number of ketones is 1. The standard InChI is InChI=1S/C9H11ClOS/c1-2-7-3-4-9(12-7)8(11)5-6-10/h3-4H,2,5-6H2,1H3. The van der Waals surface area contributed by atoms with Crippen molar-refractivity contribution in [2.45, 2.75) is 19.8 Å². The van der Waals surface area contributed by atoms with Crippen LogP contribution in [0.5, 0.6) is 0 Å². The summed E-state index contributed by atoms with van der Waals surface area (Å²) in [6.45, 7) is 2.08. The zero-order valence-corrected chi connectivity index (χ0v) is 8.54. The molecular weight excluding hydrogens is 192 g/mol. The molecule has 1 rings (SSSR count). The summed E-state index contributed by atoms with van der Waals surface area (Å²) >= 11 is 7.04. The summed E-state index contributed by atoms with van der Waals surface area (Å²) in [5.74, 6) is 0.577. The van der Waals surface area contributed by atoms with Gasteiger partial charge in [0.25, 0.3) is 0 Å². The minimum atomic E-state index is 0.162. The van der Waals surface area contributed by atoms with E-state index in [1.807, 2.05) is 12.1 Å². The average molecular weight is 203 g/mol. The molecule has 0 fully saturated rings. The van der Waals surface area contributed by atoms with Gasteiger partial charge >= 0.3 is 0 Å². The van der Waals surface area contributed by atoms with E-state index >= 15 is 0 Å². The summed E-state index contributed by atoms with van der Waals surface area (Å²) in [6.07, 6.45) is 1.45. The second-order valence-corrected chi connectivity index (χ2v) is 4.03. The quantitative estimate of drug-likeness (QED) is 0.542. The van der Waals surface area contributed by atoms with E-state index in [1.54, 1.807) is 11.3 Å². The molecule has 0 atom stereocenters. The van der Waals surface area contributed by atoms with Gasteiger partial charge in [0, 0.05) is 17.2 Å². The summed E-state index contributed by atoms with van der Waals surface area (Å²) in [6, 6.07) is 3.89. The monoisotopic (exact) mass is 202 g/mol. The van der Waals surface area contributed by atoms with Crippen molar-refractivity contribution in [3.63, 3.8) is 0 Å². The molecule has 0 aliphatic carbocycles. The van der Waals surface area contributed by atoms with E-state index in [1.165, 1.54) is 4.88 Å². The first-order chi connectivity index (χ1) is 5.77. The van der Waals surface area contributed by atoms with Crippen molar-refractivity contribution in [3.05, 3.63) is 21.9 Å². The number of thiophene rings is 1. The fraction of sp³-hybridized carbons (Fsp3) is 0.444. The Balaban J connectivity index is 2.68. The lowest BCUT2D eigenvalue weighted by molar-refractivity contribution is 0.0993. The highest BCUT2D eigenvalue weighted by atomic mass is 35.5. The van der Waals surface area contributed by atoms with Crippen LogP contribution in [0.4, 0.5) is 0 Å². The fourth-order valence-corrected chi connectivity index (χ4v) is 2.01. The molecule has 1 aromatic heterocycles. The van der Waals surface area contributed by atoms with Crippen molar-refractivity contribution in [3.8, 4) is 0 Å². The Bertz CT molecular complexity index is 267. The van der Waals surface area contributed by atoms with Crippen LogP contribution >= 0.6 is 22.9 Å². The van der Waals surface area contributed by atoms with Gasteiger partial charge in [-0.05, 0) is 18.6 Å². The molecule has 0 saturated heterocycles. The minimum absolute atomic E-state index is 0.162. The number of aryl methyl sites for hydroxylation is 1. The van der Waals surface area contributed by atoms with Gasteiger partial charge in [0.1, 0.15) is 0 Å². The molecule has 1 heterocycles. The van der Waals surface area contributed by atoms with E-state index in [0.29, 0.717) is 12.3 Å². The van der Waals surface area contributed by atoms with Crippen molar-refractivity contribution >= 4 is 28.7 Å². The first-order valence-electron chi connectivity index (χ1n) is 3.95. The molecule has 0 aliphatic rings. The Morgan fingerprint density at radius 2 is 2.33 bits per heavy atom. The van der Waals surface area contributed by atoms with Gasteiger partial charge in [-0.2, -0.15) is 0 Å². The van der Waals surface area contributed by atoms with Gasteiger partial charge in [-0.15, -0.1) is 22.9 Å². The van der Waals surface area contributed by atoms with E-state index in [0.717, 1.165) is 11.3 Å². The number of hydrogen-bond acceptors (Lipinski definition) is 2. The number of Topliss-reactive ketones (excluding diaryl/α,β-unsaturated/α-hetero) is 1. The van der Waals surface area contributed by atoms with Gasteiger partial charge in [0.2, 0.25) is 0 Å². The Morgan fingerprint density at radius 1 is 1.58 bits per heavy atom. The number of carbonyl (C=O) groups is 1. The third-order valence-corrected chi connectivity index (χ3v) is 3.07. The van der Waals surface area contributed by atoms with Crippen molar-refractivity contribution in [1.29, 1.82) is 0 Å². The SMILES string of the molecule is CCc1ccc(C(=O)CCCl)s1. The van der Waals surface area contributed by atoms with Crippen LogP contribution in [0.25, 0.3) is 0 Å². The minimum Gasteiger partial charge on any atom is -0.293 e. The molecule has 0 N–H and O–H groups in total. The van der Waals surface area contributed by atoms with Crippen LogP contribution in [-0.4, -0.2) is 11.7 Å². The number of rotatable bonds is 4. The average Bonchev–Trinajstić information content (AvgIpc) is 2.52. The summed E-state index contributed by atoms with van der Waals surface area (Å²) in [7, 11) is 0. The van der Waals surface area contributed by atoms with E-state index in [9.17, 15) is 4.79 Å². The molecule has 0 bridgehead atoms. The predicted molar refractivity (Wildman–Crippen MR) is 53.4 cm³/mol. The molecule has 12 heavy (non-hydrogen) atoms. The Hall–Kier alpha value is -0.340. The van der Waals surface area contributed by atoms with Crippen molar-refractivity contribution in [1.82, 2.24) is 0 Å². The third kappa shape index (κ3) is 2.32. The zero-order valence-electron chi connectivity index (χ0n) is 6.97. The maximum Gasteiger partial charge on any atom is 0.173 e.